The molecule has 2 amide bonds. The zero-order chi connectivity index (χ0) is 22.8. The number of benzene rings is 1. The van der Waals surface area contributed by atoms with E-state index in [0.29, 0.717) is 6.54 Å². The quantitative estimate of drug-likeness (QED) is 0.631. The molecular formula is C25H29N5O2S. The molecule has 2 fully saturated rings. The van der Waals surface area contributed by atoms with Gasteiger partial charge in [-0.05, 0) is 47.9 Å². The standard InChI is InChI=1S/C25H29N5O2S/c1-16-4-2-6-19(12-16)20-15-33-22-21(20)28-25(29-24(22)32)30-10-7-18(8-11-30)23(31)27-14-17-5-3-9-26-13-17/h2-6,9,12-13,15,18,21-22,25,28H,7-8,10-11,14H2,1H3,(H,27,31)(H,29,32). The van der Waals surface area contributed by atoms with Gasteiger partial charge in [0.05, 0.1) is 6.04 Å². The first-order valence-electron chi connectivity index (χ1n) is 11.5. The molecule has 3 aliphatic heterocycles. The number of fused-ring (bicyclic) bond motifs is 1. The lowest BCUT2D eigenvalue weighted by atomic mass is 9.94. The minimum absolute atomic E-state index is 0.00486. The Hall–Kier alpha value is -2.68. The molecule has 5 rings (SSSR count). The van der Waals surface area contributed by atoms with Crippen molar-refractivity contribution in [2.45, 2.75) is 43.9 Å². The van der Waals surface area contributed by atoms with Crippen molar-refractivity contribution in [2.24, 2.45) is 5.92 Å². The van der Waals surface area contributed by atoms with Gasteiger partial charge in [0.2, 0.25) is 11.8 Å². The second-order valence-electron chi connectivity index (χ2n) is 8.94. The number of hydrogen-bond donors (Lipinski definition) is 3. The second kappa shape index (κ2) is 9.67. The highest BCUT2D eigenvalue weighted by Gasteiger charge is 2.44. The molecule has 7 nitrogen and oxygen atoms in total. The van der Waals surface area contributed by atoms with Gasteiger partial charge in [-0.25, -0.2) is 0 Å². The molecule has 2 aromatic rings. The molecule has 0 radical (unpaired) electrons. The zero-order valence-electron chi connectivity index (χ0n) is 18.7. The van der Waals surface area contributed by atoms with E-state index in [9.17, 15) is 9.59 Å². The Morgan fingerprint density at radius 3 is 2.85 bits per heavy atom. The Bertz CT molecular complexity index is 1050. The molecule has 4 heterocycles. The molecule has 8 heteroatoms. The number of thioether (sulfide) groups is 1. The zero-order valence-corrected chi connectivity index (χ0v) is 19.5. The number of carbonyl (C=O) groups is 2. The summed E-state index contributed by atoms with van der Waals surface area (Å²) in [6.45, 7) is 4.11. The summed E-state index contributed by atoms with van der Waals surface area (Å²) in [6, 6.07) is 12.3. The summed E-state index contributed by atoms with van der Waals surface area (Å²) in [7, 11) is 0. The number of carbonyl (C=O) groups excluding carboxylic acids is 2. The van der Waals surface area contributed by atoms with E-state index in [1.54, 1.807) is 24.2 Å². The highest BCUT2D eigenvalue weighted by Crippen LogP contribution is 2.39. The Morgan fingerprint density at radius 2 is 2.09 bits per heavy atom. The Labute approximate surface area is 198 Å². The van der Waals surface area contributed by atoms with Gasteiger partial charge < -0.3 is 10.6 Å². The summed E-state index contributed by atoms with van der Waals surface area (Å²) < 4.78 is 0. The Morgan fingerprint density at radius 1 is 1.24 bits per heavy atom. The van der Waals surface area contributed by atoms with E-state index in [-0.39, 0.29) is 35.3 Å². The monoisotopic (exact) mass is 463 g/mol. The van der Waals surface area contributed by atoms with Gasteiger partial charge >= 0.3 is 0 Å². The van der Waals surface area contributed by atoms with Crippen LogP contribution in [0.5, 0.6) is 0 Å². The van der Waals surface area contributed by atoms with Crippen molar-refractivity contribution in [3.63, 3.8) is 0 Å². The molecule has 0 saturated carbocycles. The number of nitrogens with one attached hydrogen (secondary N) is 3. The number of nitrogens with zero attached hydrogens (tertiary/aromatic N) is 2. The van der Waals surface area contributed by atoms with Crippen molar-refractivity contribution >= 4 is 29.1 Å². The molecule has 1 aromatic heterocycles. The third kappa shape index (κ3) is 4.83. The highest BCUT2D eigenvalue weighted by atomic mass is 32.2. The Balaban J connectivity index is 1.17. The molecule has 33 heavy (non-hydrogen) atoms. The number of aryl methyl sites for hydroxylation is 1. The van der Waals surface area contributed by atoms with E-state index >= 15 is 0 Å². The number of amides is 2. The van der Waals surface area contributed by atoms with Crippen LogP contribution in [0.1, 0.15) is 29.5 Å². The van der Waals surface area contributed by atoms with Gasteiger partial charge in [-0.1, -0.05) is 35.9 Å². The van der Waals surface area contributed by atoms with Gasteiger partial charge in [-0.15, -0.1) is 11.8 Å². The predicted octanol–water partition coefficient (Wildman–Crippen LogP) is 2.25. The maximum Gasteiger partial charge on any atom is 0.237 e. The van der Waals surface area contributed by atoms with Crippen molar-refractivity contribution in [3.05, 3.63) is 70.9 Å². The normalized spacial score (nSPS) is 25.8. The van der Waals surface area contributed by atoms with E-state index < -0.39 is 0 Å². The summed E-state index contributed by atoms with van der Waals surface area (Å²) in [5.41, 5.74) is 4.56. The van der Waals surface area contributed by atoms with Crippen LogP contribution in [-0.4, -0.2) is 52.4 Å². The average Bonchev–Trinajstić information content (AvgIpc) is 3.28. The summed E-state index contributed by atoms with van der Waals surface area (Å²) in [4.78, 5) is 31.8. The van der Waals surface area contributed by atoms with E-state index in [2.05, 4.69) is 62.4 Å². The van der Waals surface area contributed by atoms with Crippen LogP contribution < -0.4 is 16.0 Å². The maximum absolute atomic E-state index is 12.9. The lowest BCUT2D eigenvalue weighted by molar-refractivity contribution is -0.129. The molecule has 0 aliphatic carbocycles. The first-order valence-corrected chi connectivity index (χ1v) is 12.4. The third-order valence-electron chi connectivity index (χ3n) is 6.66. The fourth-order valence-corrected chi connectivity index (χ4v) is 5.96. The van der Waals surface area contributed by atoms with Gasteiger partial charge in [-0.3, -0.25) is 24.8 Å². The van der Waals surface area contributed by atoms with Crippen LogP contribution in [0.2, 0.25) is 0 Å². The highest BCUT2D eigenvalue weighted by molar-refractivity contribution is 8.04. The molecular weight excluding hydrogens is 434 g/mol. The minimum atomic E-state index is -0.218. The molecule has 3 aliphatic rings. The molecule has 3 N–H and O–H groups in total. The van der Waals surface area contributed by atoms with E-state index in [4.69, 9.17) is 0 Å². The third-order valence-corrected chi connectivity index (χ3v) is 7.83. The van der Waals surface area contributed by atoms with Gasteiger partial charge in [0.1, 0.15) is 11.5 Å². The lowest BCUT2D eigenvalue weighted by Gasteiger charge is -2.43. The smallest absolute Gasteiger partial charge is 0.237 e. The van der Waals surface area contributed by atoms with Crippen molar-refractivity contribution in [3.8, 4) is 0 Å². The number of rotatable bonds is 5. The van der Waals surface area contributed by atoms with Crippen LogP contribution in [0.15, 0.2) is 54.2 Å². The summed E-state index contributed by atoms with van der Waals surface area (Å²) in [5, 5.41) is 11.8. The first kappa shape index (κ1) is 22.1. The van der Waals surface area contributed by atoms with Crippen molar-refractivity contribution in [1.29, 1.82) is 0 Å². The SMILES string of the molecule is Cc1cccc(C2=CSC3C(=O)NC(N4CCC(C(=O)NCc5cccnc5)CC4)NC23)c1. The molecule has 1 aromatic carbocycles. The second-order valence-corrected chi connectivity index (χ2v) is 9.96. The molecule has 0 bridgehead atoms. The predicted molar refractivity (Wildman–Crippen MR) is 130 cm³/mol. The summed E-state index contributed by atoms with van der Waals surface area (Å²) in [5.74, 6) is 0.162. The number of hydrogen-bond acceptors (Lipinski definition) is 6. The van der Waals surface area contributed by atoms with Crippen LogP contribution in [0, 0.1) is 12.8 Å². The van der Waals surface area contributed by atoms with Crippen molar-refractivity contribution < 1.29 is 9.59 Å². The van der Waals surface area contributed by atoms with Crippen LogP contribution >= 0.6 is 11.8 Å². The van der Waals surface area contributed by atoms with Crippen LogP contribution in [0.25, 0.3) is 5.57 Å². The molecule has 2 saturated heterocycles. The molecule has 172 valence electrons. The van der Waals surface area contributed by atoms with Gasteiger partial charge in [-0.2, -0.15) is 0 Å². The molecule has 0 spiro atoms. The van der Waals surface area contributed by atoms with Gasteiger partial charge in [0.15, 0.2) is 0 Å². The Kier molecular flexibility index (Phi) is 6.48. The van der Waals surface area contributed by atoms with E-state index in [0.717, 1.165) is 31.5 Å². The number of pyridine rings is 1. The van der Waals surface area contributed by atoms with E-state index in [1.807, 2.05) is 12.1 Å². The number of likely N-dealkylation sites (tertiary alicyclic amines) is 1. The fraction of sp³-hybridized carbons (Fsp3) is 0.400. The van der Waals surface area contributed by atoms with E-state index in [1.165, 1.54) is 16.7 Å². The fourth-order valence-electron chi connectivity index (χ4n) is 4.81. The molecule has 3 atom stereocenters. The summed E-state index contributed by atoms with van der Waals surface area (Å²) >= 11 is 1.59. The van der Waals surface area contributed by atoms with Crippen molar-refractivity contribution in [2.75, 3.05) is 13.1 Å². The number of piperidine rings is 1. The minimum Gasteiger partial charge on any atom is -0.352 e. The largest absolute Gasteiger partial charge is 0.352 e. The van der Waals surface area contributed by atoms with Crippen LogP contribution in [-0.2, 0) is 16.1 Å². The topological polar surface area (TPSA) is 86.4 Å². The average molecular weight is 464 g/mol. The van der Waals surface area contributed by atoms with Crippen LogP contribution in [0.4, 0.5) is 0 Å². The van der Waals surface area contributed by atoms with Crippen molar-refractivity contribution in [1.82, 2.24) is 25.8 Å². The lowest BCUT2D eigenvalue weighted by Crippen LogP contribution is -2.68. The first-order chi connectivity index (χ1) is 16.1. The molecule has 3 unspecified atom stereocenters. The van der Waals surface area contributed by atoms with Crippen LogP contribution in [0.3, 0.4) is 0 Å². The van der Waals surface area contributed by atoms with Gasteiger partial charge in [0, 0.05) is 37.9 Å². The number of aromatic nitrogens is 1. The maximum atomic E-state index is 12.9. The van der Waals surface area contributed by atoms with Gasteiger partial charge in [0.25, 0.3) is 0 Å². The summed E-state index contributed by atoms with van der Waals surface area (Å²) in [6.07, 6.45) is 4.83.